The van der Waals surface area contributed by atoms with Crippen molar-refractivity contribution in [2.75, 3.05) is 13.6 Å². The second kappa shape index (κ2) is 5.30. The minimum atomic E-state index is 0.944. The van der Waals surface area contributed by atoms with Crippen molar-refractivity contribution in [3.05, 3.63) is 47.3 Å². The number of hydrogen-bond donors (Lipinski definition) is 0. The van der Waals surface area contributed by atoms with Crippen LogP contribution in [0, 0.1) is 5.92 Å². The first-order valence-corrected chi connectivity index (χ1v) is 8.15. The molecule has 1 fully saturated rings. The zero-order chi connectivity index (χ0) is 14.2. The lowest BCUT2D eigenvalue weighted by Crippen LogP contribution is -2.21. The average Bonchev–Trinajstić information content (AvgIpc) is 3.06. The molecule has 110 valence electrons. The Morgan fingerprint density at radius 1 is 1.19 bits per heavy atom. The van der Waals surface area contributed by atoms with Gasteiger partial charge in [-0.05, 0) is 62.8 Å². The maximum Gasteiger partial charge on any atom is 0.0803 e. The van der Waals surface area contributed by atoms with E-state index in [0.717, 1.165) is 12.5 Å². The number of fused-ring (bicyclic) bond motifs is 1. The first kappa shape index (κ1) is 13.1. The SMILES string of the molecule is CN(Cc1nn(-c2ccccc2)c2c1CCC2)CC1CC1. The van der Waals surface area contributed by atoms with Crippen LogP contribution in [0.5, 0.6) is 0 Å². The van der Waals surface area contributed by atoms with Gasteiger partial charge in [-0.25, -0.2) is 4.68 Å². The first-order valence-electron chi connectivity index (χ1n) is 8.15. The van der Waals surface area contributed by atoms with Crippen molar-refractivity contribution in [3.63, 3.8) is 0 Å². The van der Waals surface area contributed by atoms with E-state index in [4.69, 9.17) is 5.10 Å². The van der Waals surface area contributed by atoms with Gasteiger partial charge in [-0.2, -0.15) is 5.10 Å². The van der Waals surface area contributed by atoms with E-state index in [1.54, 1.807) is 0 Å². The highest BCUT2D eigenvalue weighted by molar-refractivity contribution is 5.39. The third-order valence-corrected chi connectivity index (χ3v) is 4.70. The Balaban J connectivity index is 1.62. The molecule has 3 heteroatoms. The fourth-order valence-corrected chi connectivity index (χ4v) is 3.49. The lowest BCUT2D eigenvalue weighted by molar-refractivity contribution is 0.308. The monoisotopic (exact) mass is 281 g/mol. The van der Waals surface area contributed by atoms with Crippen LogP contribution in [0.25, 0.3) is 5.69 Å². The van der Waals surface area contributed by atoms with Crippen molar-refractivity contribution in [2.24, 2.45) is 5.92 Å². The Hall–Kier alpha value is -1.61. The lowest BCUT2D eigenvalue weighted by Gasteiger charge is -2.15. The second-order valence-corrected chi connectivity index (χ2v) is 6.61. The third kappa shape index (κ3) is 2.62. The summed E-state index contributed by atoms with van der Waals surface area (Å²) in [5.41, 5.74) is 5.46. The molecule has 1 heterocycles. The quantitative estimate of drug-likeness (QED) is 0.839. The van der Waals surface area contributed by atoms with E-state index in [1.807, 2.05) is 0 Å². The molecule has 0 amide bonds. The molecule has 2 aliphatic rings. The van der Waals surface area contributed by atoms with Crippen molar-refractivity contribution in [2.45, 2.75) is 38.6 Å². The largest absolute Gasteiger partial charge is 0.300 e. The fraction of sp³-hybridized carbons (Fsp3) is 0.500. The molecule has 0 unspecified atom stereocenters. The van der Waals surface area contributed by atoms with Gasteiger partial charge < -0.3 is 4.90 Å². The highest BCUT2D eigenvalue weighted by atomic mass is 15.3. The lowest BCUT2D eigenvalue weighted by atomic mass is 10.2. The van der Waals surface area contributed by atoms with Gasteiger partial charge in [-0.15, -0.1) is 0 Å². The van der Waals surface area contributed by atoms with E-state index in [9.17, 15) is 0 Å². The number of rotatable bonds is 5. The molecule has 0 spiro atoms. The van der Waals surface area contributed by atoms with Crippen LogP contribution in [-0.2, 0) is 19.4 Å². The van der Waals surface area contributed by atoms with Crippen LogP contribution in [0.15, 0.2) is 30.3 Å². The zero-order valence-electron chi connectivity index (χ0n) is 12.8. The second-order valence-electron chi connectivity index (χ2n) is 6.61. The maximum atomic E-state index is 4.94. The van der Waals surface area contributed by atoms with Gasteiger partial charge in [0, 0.05) is 18.8 Å². The summed E-state index contributed by atoms with van der Waals surface area (Å²) in [5, 5.41) is 4.94. The van der Waals surface area contributed by atoms with Crippen molar-refractivity contribution >= 4 is 0 Å². The molecule has 3 nitrogen and oxygen atoms in total. The zero-order valence-corrected chi connectivity index (χ0v) is 12.8. The molecule has 2 aliphatic carbocycles. The van der Waals surface area contributed by atoms with Crippen molar-refractivity contribution in [1.29, 1.82) is 0 Å². The van der Waals surface area contributed by atoms with Gasteiger partial charge in [-0.3, -0.25) is 0 Å². The summed E-state index contributed by atoms with van der Waals surface area (Å²) >= 11 is 0. The van der Waals surface area contributed by atoms with Gasteiger partial charge in [0.05, 0.1) is 11.4 Å². The van der Waals surface area contributed by atoms with Gasteiger partial charge in [0.1, 0.15) is 0 Å². The Labute approximate surface area is 126 Å². The molecule has 0 atom stereocenters. The molecular weight excluding hydrogens is 258 g/mol. The van der Waals surface area contributed by atoms with Crippen LogP contribution >= 0.6 is 0 Å². The van der Waals surface area contributed by atoms with Gasteiger partial charge in [-0.1, -0.05) is 18.2 Å². The average molecular weight is 281 g/mol. The van der Waals surface area contributed by atoms with E-state index < -0.39 is 0 Å². The predicted molar refractivity (Wildman–Crippen MR) is 84.6 cm³/mol. The van der Waals surface area contributed by atoms with Gasteiger partial charge >= 0.3 is 0 Å². The summed E-state index contributed by atoms with van der Waals surface area (Å²) in [4.78, 5) is 2.45. The van der Waals surface area contributed by atoms with Crippen molar-refractivity contribution in [3.8, 4) is 5.69 Å². The smallest absolute Gasteiger partial charge is 0.0803 e. The standard InChI is InChI=1S/C18H23N3/c1-20(12-14-10-11-14)13-17-16-8-5-9-18(16)21(19-17)15-6-3-2-4-7-15/h2-4,6-7,14H,5,8-13H2,1H3. The van der Waals surface area contributed by atoms with Gasteiger partial charge in [0.15, 0.2) is 0 Å². The highest BCUT2D eigenvalue weighted by Crippen LogP contribution is 2.31. The molecule has 0 radical (unpaired) electrons. The Morgan fingerprint density at radius 2 is 2.00 bits per heavy atom. The van der Waals surface area contributed by atoms with Crippen molar-refractivity contribution in [1.82, 2.24) is 14.7 Å². The van der Waals surface area contributed by atoms with Gasteiger partial charge in [0.2, 0.25) is 0 Å². The number of hydrogen-bond acceptors (Lipinski definition) is 2. The van der Waals surface area contributed by atoms with E-state index in [2.05, 4.69) is 47.0 Å². The molecule has 0 saturated heterocycles. The Morgan fingerprint density at radius 3 is 2.76 bits per heavy atom. The minimum absolute atomic E-state index is 0.944. The van der Waals surface area contributed by atoms with Crippen LogP contribution in [0.1, 0.15) is 36.2 Å². The Kier molecular flexibility index (Phi) is 3.30. The van der Waals surface area contributed by atoms with E-state index in [1.165, 1.54) is 61.3 Å². The molecule has 0 aliphatic heterocycles. The van der Waals surface area contributed by atoms with Crippen LogP contribution in [0.2, 0.25) is 0 Å². The number of para-hydroxylation sites is 1. The van der Waals surface area contributed by atoms with Gasteiger partial charge in [0.25, 0.3) is 0 Å². The topological polar surface area (TPSA) is 21.1 Å². The molecule has 1 aromatic carbocycles. The molecule has 0 bridgehead atoms. The Bertz CT molecular complexity index is 625. The molecular formula is C18H23N3. The van der Waals surface area contributed by atoms with Crippen LogP contribution < -0.4 is 0 Å². The molecule has 1 aromatic heterocycles. The summed E-state index contributed by atoms with van der Waals surface area (Å²) < 4.78 is 2.18. The summed E-state index contributed by atoms with van der Waals surface area (Å²) in [6.07, 6.45) is 6.49. The third-order valence-electron chi connectivity index (χ3n) is 4.70. The number of nitrogens with zero attached hydrogens (tertiary/aromatic N) is 3. The predicted octanol–water partition coefficient (Wildman–Crippen LogP) is 3.20. The minimum Gasteiger partial charge on any atom is -0.300 e. The van der Waals surface area contributed by atoms with E-state index in [-0.39, 0.29) is 0 Å². The number of benzene rings is 1. The van der Waals surface area contributed by atoms with Crippen LogP contribution in [-0.4, -0.2) is 28.3 Å². The maximum absolute atomic E-state index is 4.94. The number of aromatic nitrogens is 2. The van der Waals surface area contributed by atoms with Crippen LogP contribution in [0.3, 0.4) is 0 Å². The molecule has 21 heavy (non-hydrogen) atoms. The molecule has 2 aromatic rings. The summed E-state index contributed by atoms with van der Waals surface area (Å²) in [5.74, 6) is 0.944. The van der Waals surface area contributed by atoms with E-state index >= 15 is 0 Å². The highest BCUT2D eigenvalue weighted by Gasteiger charge is 2.26. The molecule has 0 N–H and O–H groups in total. The summed E-state index contributed by atoms with van der Waals surface area (Å²) in [6, 6.07) is 10.6. The van der Waals surface area contributed by atoms with Crippen molar-refractivity contribution < 1.29 is 0 Å². The van der Waals surface area contributed by atoms with Crippen LogP contribution in [0.4, 0.5) is 0 Å². The fourth-order valence-electron chi connectivity index (χ4n) is 3.49. The first-order chi connectivity index (χ1) is 10.3. The molecule has 1 saturated carbocycles. The normalized spacial score (nSPS) is 17.4. The summed E-state index contributed by atoms with van der Waals surface area (Å²) in [6.45, 7) is 2.23. The van der Waals surface area contributed by atoms with E-state index in [0.29, 0.717) is 0 Å². The summed E-state index contributed by atoms with van der Waals surface area (Å²) in [7, 11) is 2.24. The molecule has 4 rings (SSSR count).